The van der Waals surface area contributed by atoms with Crippen molar-refractivity contribution in [3.63, 3.8) is 0 Å². The van der Waals surface area contributed by atoms with Gasteiger partial charge in [-0.05, 0) is 37.1 Å². The van der Waals surface area contributed by atoms with Crippen molar-refractivity contribution >= 4 is 17.6 Å². The van der Waals surface area contributed by atoms with Crippen molar-refractivity contribution < 1.29 is 23.8 Å². The number of esters is 1. The summed E-state index contributed by atoms with van der Waals surface area (Å²) in [4.78, 5) is 25.2. The van der Waals surface area contributed by atoms with Crippen LogP contribution in [0.5, 0.6) is 0 Å². The quantitative estimate of drug-likeness (QED) is 0.820. The van der Waals surface area contributed by atoms with Gasteiger partial charge in [-0.2, -0.15) is 0 Å². The number of amides is 1. The normalized spacial score (nSPS) is 14.2. The number of ether oxygens (including phenoxy) is 3. The fraction of sp³-hybridized carbons (Fsp3) is 0.238. The van der Waals surface area contributed by atoms with Crippen molar-refractivity contribution in [2.45, 2.75) is 20.0 Å². The van der Waals surface area contributed by atoms with E-state index in [2.05, 4.69) is 5.32 Å². The number of hydrogen-bond acceptors (Lipinski definition) is 5. The Kier molecular flexibility index (Phi) is 5.76. The van der Waals surface area contributed by atoms with Gasteiger partial charge in [-0.25, -0.2) is 4.79 Å². The fourth-order valence-electron chi connectivity index (χ4n) is 2.80. The fourth-order valence-corrected chi connectivity index (χ4v) is 2.80. The van der Waals surface area contributed by atoms with E-state index in [1.54, 1.807) is 24.3 Å². The van der Waals surface area contributed by atoms with Crippen LogP contribution >= 0.6 is 0 Å². The van der Waals surface area contributed by atoms with Gasteiger partial charge >= 0.3 is 5.97 Å². The number of rotatable bonds is 5. The topological polar surface area (TPSA) is 73.9 Å². The smallest absolute Gasteiger partial charge is 0.378 e. The number of benzene rings is 2. The van der Waals surface area contributed by atoms with Crippen LogP contribution in [0.4, 0.5) is 5.69 Å². The van der Waals surface area contributed by atoms with Crippen molar-refractivity contribution in [3.8, 4) is 0 Å². The third kappa shape index (κ3) is 4.88. The Balaban J connectivity index is 1.82. The molecular weight excluding hydrogens is 346 g/mol. The first-order valence-corrected chi connectivity index (χ1v) is 8.62. The van der Waals surface area contributed by atoms with E-state index in [0.29, 0.717) is 17.9 Å². The first kappa shape index (κ1) is 18.5. The summed E-state index contributed by atoms with van der Waals surface area (Å²) in [7, 11) is 0. The van der Waals surface area contributed by atoms with E-state index in [-0.39, 0.29) is 12.4 Å². The van der Waals surface area contributed by atoms with Gasteiger partial charge in [0.25, 0.3) is 5.91 Å². The van der Waals surface area contributed by atoms with Gasteiger partial charge in [0.05, 0.1) is 0 Å². The molecule has 0 fully saturated rings. The molecule has 1 heterocycles. The molecule has 0 spiro atoms. The van der Waals surface area contributed by atoms with E-state index < -0.39 is 18.0 Å². The second kappa shape index (κ2) is 8.40. The largest absolute Gasteiger partial charge is 0.493 e. The lowest BCUT2D eigenvalue weighted by Crippen LogP contribution is -2.27. The van der Waals surface area contributed by atoms with Crippen LogP contribution in [-0.2, 0) is 23.8 Å². The van der Waals surface area contributed by atoms with Crippen LogP contribution in [-0.4, -0.2) is 25.1 Å². The summed E-state index contributed by atoms with van der Waals surface area (Å²) in [6.07, 6.45) is 0.0846. The Morgan fingerprint density at radius 1 is 1.04 bits per heavy atom. The first-order chi connectivity index (χ1) is 13.0. The molecule has 0 radical (unpaired) electrons. The highest BCUT2D eigenvalue weighted by Gasteiger charge is 2.28. The molecule has 27 heavy (non-hydrogen) atoms. The van der Waals surface area contributed by atoms with E-state index >= 15 is 0 Å². The zero-order valence-corrected chi connectivity index (χ0v) is 15.2. The molecule has 0 aromatic heterocycles. The summed E-state index contributed by atoms with van der Waals surface area (Å²) in [6.45, 7) is 4.52. The minimum Gasteiger partial charge on any atom is -0.493 e. The predicted molar refractivity (Wildman–Crippen MR) is 99.8 cm³/mol. The van der Waals surface area contributed by atoms with Gasteiger partial charge < -0.3 is 19.5 Å². The predicted octanol–water partition coefficient (Wildman–Crippen LogP) is 3.41. The van der Waals surface area contributed by atoms with Crippen molar-refractivity contribution in [2.75, 3.05) is 18.5 Å². The Morgan fingerprint density at radius 3 is 2.37 bits per heavy atom. The van der Waals surface area contributed by atoms with E-state index in [1.165, 1.54) is 6.26 Å². The third-order valence-electron chi connectivity index (χ3n) is 3.90. The molecular formula is C21H21NO5. The summed E-state index contributed by atoms with van der Waals surface area (Å²) in [6, 6.07) is 14.6. The van der Waals surface area contributed by atoms with Gasteiger partial charge in [0.2, 0.25) is 11.9 Å². The lowest BCUT2D eigenvalue weighted by Gasteiger charge is -2.20. The van der Waals surface area contributed by atoms with Gasteiger partial charge in [-0.15, -0.1) is 0 Å². The molecule has 140 valence electrons. The van der Waals surface area contributed by atoms with E-state index in [0.717, 1.165) is 11.1 Å². The standard InChI is InChI=1S/C21H21NO5/c1-14-10-15(2)12-17(11-14)22-20(23)19(16-6-4-3-5-7-16)27-21(24)18-13-25-8-9-26-18/h3-7,10-13,19H,8-9H2,1-2H3,(H,22,23)/t19-/m0/s1. The number of nitrogens with one attached hydrogen (secondary N) is 1. The van der Waals surface area contributed by atoms with Gasteiger partial charge in [0.15, 0.2) is 0 Å². The molecule has 3 rings (SSSR count). The van der Waals surface area contributed by atoms with Crippen molar-refractivity contribution in [2.24, 2.45) is 0 Å². The number of hydrogen-bond donors (Lipinski definition) is 1. The second-order valence-electron chi connectivity index (χ2n) is 6.26. The van der Waals surface area contributed by atoms with Crippen molar-refractivity contribution in [1.29, 1.82) is 0 Å². The highest BCUT2D eigenvalue weighted by Crippen LogP contribution is 2.23. The van der Waals surface area contributed by atoms with E-state index in [9.17, 15) is 9.59 Å². The molecule has 1 N–H and O–H groups in total. The second-order valence-corrected chi connectivity index (χ2v) is 6.26. The maximum absolute atomic E-state index is 12.9. The Hall–Kier alpha value is -3.28. The minimum atomic E-state index is -1.12. The molecule has 1 amide bonds. The SMILES string of the molecule is Cc1cc(C)cc(NC(=O)[C@@H](OC(=O)C2=COCCO2)c2ccccc2)c1. The number of aryl methyl sites for hydroxylation is 2. The molecule has 2 aromatic rings. The van der Waals surface area contributed by atoms with E-state index in [4.69, 9.17) is 14.2 Å². The summed E-state index contributed by atoms with van der Waals surface area (Å²) in [5, 5.41) is 2.82. The molecule has 0 saturated heterocycles. The summed E-state index contributed by atoms with van der Waals surface area (Å²) >= 11 is 0. The van der Waals surface area contributed by atoms with Crippen LogP contribution in [0.2, 0.25) is 0 Å². The molecule has 6 heteroatoms. The third-order valence-corrected chi connectivity index (χ3v) is 3.90. The van der Waals surface area contributed by atoms with Gasteiger partial charge in [-0.1, -0.05) is 36.4 Å². The molecule has 1 aliphatic rings. The van der Waals surface area contributed by atoms with E-state index in [1.807, 2.05) is 38.1 Å². The number of carbonyl (C=O) groups is 2. The summed E-state index contributed by atoms with van der Waals surface area (Å²) < 4.78 is 15.8. The van der Waals surface area contributed by atoms with Crippen molar-refractivity contribution in [3.05, 3.63) is 77.2 Å². The molecule has 2 aromatic carbocycles. The van der Waals surface area contributed by atoms with Crippen molar-refractivity contribution in [1.82, 2.24) is 0 Å². The summed E-state index contributed by atoms with van der Waals surface area (Å²) in [5.41, 5.74) is 3.25. The Bertz CT molecular complexity index is 840. The maximum Gasteiger partial charge on any atom is 0.378 e. The summed E-state index contributed by atoms with van der Waals surface area (Å²) in [5.74, 6) is -1.25. The number of carbonyl (C=O) groups excluding carboxylic acids is 2. The highest BCUT2D eigenvalue weighted by atomic mass is 16.6. The molecule has 1 aliphatic heterocycles. The first-order valence-electron chi connectivity index (χ1n) is 8.62. The zero-order valence-electron chi connectivity index (χ0n) is 15.2. The molecule has 6 nitrogen and oxygen atoms in total. The zero-order chi connectivity index (χ0) is 19.2. The van der Waals surface area contributed by atoms with Crippen LogP contribution in [0.3, 0.4) is 0 Å². The Morgan fingerprint density at radius 2 is 1.74 bits per heavy atom. The van der Waals surface area contributed by atoms with Gasteiger partial charge in [-0.3, -0.25) is 4.79 Å². The maximum atomic E-state index is 12.9. The Labute approximate surface area is 157 Å². The molecule has 0 unspecified atom stereocenters. The van der Waals surface area contributed by atoms with Gasteiger partial charge in [0.1, 0.15) is 19.5 Å². The molecule has 0 saturated carbocycles. The van der Waals surface area contributed by atoms with Crippen LogP contribution in [0.25, 0.3) is 0 Å². The van der Waals surface area contributed by atoms with Crippen LogP contribution in [0.1, 0.15) is 22.8 Å². The average molecular weight is 367 g/mol. The molecule has 0 bridgehead atoms. The monoisotopic (exact) mass is 367 g/mol. The van der Waals surface area contributed by atoms with Gasteiger partial charge in [0, 0.05) is 11.3 Å². The minimum absolute atomic E-state index is 0.0543. The van der Waals surface area contributed by atoms with Crippen LogP contribution in [0.15, 0.2) is 60.6 Å². The molecule has 0 aliphatic carbocycles. The highest BCUT2D eigenvalue weighted by molar-refractivity contribution is 5.97. The lowest BCUT2D eigenvalue weighted by molar-refractivity contribution is -0.155. The lowest BCUT2D eigenvalue weighted by atomic mass is 10.1. The average Bonchev–Trinajstić information content (AvgIpc) is 2.66. The van der Waals surface area contributed by atoms with Crippen LogP contribution < -0.4 is 5.32 Å². The van der Waals surface area contributed by atoms with Crippen LogP contribution in [0, 0.1) is 13.8 Å². The number of anilines is 1. The molecule has 1 atom stereocenters.